The van der Waals surface area contributed by atoms with Gasteiger partial charge in [0.05, 0.1) is 0 Å². The molecule has 0 fully saturated rings. The highest BCUT2D eigenvalue weighted by Crippen LogP contribution is 2.09. The Bertz CT molecular complexity index is 624. The third kappa shape index (κ3) is 3.91. The molecule has 0 heterocycles. The first-order chi connectivity index (χ1) is 9.65. The van der Waals surface area contributed by atoms with Gasteiger partial charge in [-0.3, -0.25) is 0 Å². The maximum Gasteiger partial charge on any atom is 0.323 e. The summed E-state index contributed by atoms with van der Waals surface area (Å²) in [5.74, 6) is -0.750. The van der Waals surface area contributed by atoms with Gasteiger partial charge in [-0.2, -0.15) is 0 Å². The Hall–Kier alpha value is -2.69. The van der Waals surface area contributed by atoms with E-state index in [9.17, 15) is 13.6 Å². The number of anilines is 1. The van der Waals surface area contributed by atoms with E-state index in [0.29, 0.717) is 11.3 Å². The van der Waals surface area contributed by atoms with Crippen LogP contribution in [0.2, 0.25) is 0 Å². The van der Waals surface area contributed by atoms with Gasteiger partial charge in [0.1, 0.15) is 11.6 Å². The van der Waals surface area contributed by atoms with E-state index in [4.69, 9.17) is 0 Å². The fraction of sp³-hybridized carbons (Fsp3) is 0. The topological polar surface area (TPSA) is 41.1 Å². The lowest BCUT2D eigenvalue weighted by atomic mass is 10.2. The molecule has 0 atom stereocenters. The number of benzene rings is 2. The molecule has 2 rings (SSSR count). The number of carbonyl (C=O) groups excluding carboxylic acids is 1. The first-order valence-corrected chi connectivity index (χ1v) is 5.89. The lowest BCUT2D eigenvalue weighted by Crippen LogP contribution is -2.23. The van der Waals surface area contributed by atoms with Crippen LogP contribution in [0, 0.1) is 11.6 Å². The Morgan fingerprint density at radius 3 is 2.40 bits per heavy atom. The van der Waals surface area contributed by atoms with Gasteiger partial charge in [0.25, 0.3) is 0 Å². The van der Waals surface area contributed by atoms with Gasteiger partial charge >= 0.3 is 6.03 Å². The van der Waals surface area contributed by atoms with Gasteiger partial charge in [-0.1, -0.05) is 18.2 Å². The van der Waals surface area contributed by atoms with Gasteiger partial charge in [0.2, 0.25) is 0 Å². The van der Waals surface area contributed by atoms with Gasteiger partial charge in [-0.25, -0.2) is 13.6 Å². The van der Waals surface area contributed by atoms with Gasteiger partial charge in [-0.15, -0.1) is 0 Å². The summed E-state index contributed by atoms with van der Waals surface area (Å²) in [5.41, 5.74) is 0.831. The quantitative estimate of drug-likeness (QED) is 0.879. The van der Waals surface area contributed by atoms with Crippen molar-refractivity contribution in [1.82, 2.24) is 5.32 Å². The lowest BCUT2D eigenvalue weighted by Gasteiger charge is -2.04. The van der Waals surface area contributed by atoms with Gasteiger partial charge in [0, 0.05) is 17.5 Å². The molecule has 2 aromatic carbocycles. The summed E-state index contributed by atoms with van der Waals surface area (Å²) in [4.78, 5) is 11.5. The van der Waals surface area contributed by atoms with Crippen LogP contribution in [-0.4, -0.2) is 6.03 Å². The Labute approximate surface area is 114 Å². The van der Waals surface area contributed by atoms with Gasteiger partial charge in [0.15, 0.2) is 0 Å². The number of hydrogen-bond acceptors (Lipinski definition) is 1. The van der Waals surface area contributed by atoms with Crippen molar-refractivity contribution >= 4 is 17.8 Å². The van der Waals surface area contributed by atoms with Crippen molar-refractivity contribution in [3.8, 4) is 0 Å². The minimum Gasteiger partial charge on any atom is -0.314 e. The molecule has 0 spiro atoms. The van der Waals surface area contributed by atoms with Crippen LogP contribution in [0.1, 0.15) is 5.56 Å². The van der Waals surface area contributed by atoms with E-state index in [1.165, 1.54) is 42.6 Å². The average Bonchev–Trinajstić information content (AvgIpc) is 2.43. The second kappa shape index (κ2) is 6.47. The maximum absolute atomic E-state index is 13.3. The maximum atomic E-state index is 13.3. The normalized spacial score (nSPS) is 10.5. The summed E-state index contributed by atoms with van der Waals surface area (Å²) in [6.45, 7) is 0. The summed E-state index contributed by atoms with van der Waals surface area (Å²) >= 11 is 0. The number of rotatable bonds is 3. The molecule has 20 heavy (non-hydrogen) atoms. The van der Waals surface area contributed by atoms with Gasteiger partial charge in [-0.05, 0) is 36.4 Å². The zero-order valence-corrected chi connectivity index (χ0v) is 10.4. The molecule has 0 saturated carbocycles. The third-order valence-corrected chi connectivity index (χ3v) is 2.48. The average molecular weight is 274 g/mol. The molecule has 0 unspecified atom stereocenters. The minimum atomic E-state index is -0.496. The van der Waals surface area contributed by atoms with Crippen LogP contribution in [0.3, 0.4) is 0 Å². The molecular formula is C15H12F2N2O. The predicted molar refractivity (Wildman–Crippen MR) is 74.0 cm³/mol. The first-order valence-electron chi connectivity index (χ1n) is 5.89. The molecule has 5 heteroatoms. The zero-order valence-electron chi connectivity index (χ0n) is 10.4. The molecule has 0 radical (unpaired) electrons. The number of carbonyl (C=O) groups is 1. The van der Waals surface area contributed by atoms with E-state index in [0.717, 1.165) is 0 Å². The van der Waals surface area contributed by atoms with Crippen LogP contribution in [0.15, 0.2) is 54.7 Å². The Morgan fingerprint density at radius 2 is 1.70 bits per heavy atom. The number of hydrogen-bond donors (Lipinski definition) is 2. The highest BCUT2D eigenvalue weighted by molar-refractivity contribution is 5.90. The van der Waals surface area contributed by atoms with Crippen molar-refractivity contribution in [3.05, 3.63) is 71.9 Å². The smallest absolute Gasteiger partial charge is 0.314 e. The summed E-state index contributed by atoms with van der Waals surface area (Å²) in [6.07, 6.45) is 2.77. The highest BCUT2D eigenvalue weighted by Gasteiger charge is 1.99. The molecule has 0 aromatic heterocycles. The molecule has 0 saturated heterocycles. The van der Waals surface area contributed by atoms with Crippen molar-refractivity contribution in [2.24, 2.45) is 0 Å². The van der Waals surface area contributed by atoms with Crippen molar-refractivity contribution < 1.29 is 13.6 Å². The van der Waals surface area contributed by atoms with E-state index < -0.39 is 6.03 Å². The Balaban J connectivity index is 1.89. The monoisotopic (exact) mass is 274 g/mol. The van der Waals surface area contributed by atoms with E-state index in [1.807, 2.05) is 0 Å². The minimum absolute atomic E-state index is 0.370. The molecule has 0 aliphatic carbocycles. The van der Waals surface area contributed by atoms with Crippen molar-refractivity contribution in [2.75, 3.05) is 5.32 Å². The van der Waals surface area contributed by atoms with E-state index in [1.54, 1.807) is 18.2 Å². The van der Waals surface area contributed by atoms with E-state index in [2.05, 4.69) is 10.6 Å². The summed E-state index contributed by atoms with van der Waals surface area (Å²) in [5, 5.41) is 4.94. The van der Waals surface area contributed by atoms with Crippen molar-refractivity contribution in [3.63, 3.8) is 0 Å². The van der Waals surface area contributed by atoms with Crippen LogP contribution in [0.25, 0.3) is 6.08 Å². The van der Waals surface area contributed by atoms with E-state index >= 15 is 0 Å². The SMILES string of the molecule is O=C(N/C=C/c1ccccc1F)Nc1ccc(F)cc1. The molecule has 0 bridgehead atoms. The largest absolute Gasteiger partial charge is 0.323 e. The second-order valence-electron chi connectivity index (χ2n) is 3.96. The van der Waals surface area contributed by atoms with Crippen LogP contribution < -0.4 is 10.6 Å². The molecule has 0 aliphatic rings. The standard InChI is InChI=1S/C15H12F2N2O/c16-12-5-7-13(8-6-12)19-15(20)18-10-9-11-3-1-2-4-14(11)17/h1-10H,(H2,18,19,20)/b10-9+. The van der Waals surface area contributed by atoms with Crippen LogP contribution in [-0.2, 0) is 0 Å². The van der Waals surface area contributed by atoms with E-state index in [-0.39, 0.29) is 11.6 Å². The third-order valence-electron chi connectivity index (χ3n) is 2.48. The summed E-state index contributed by atoms with van der Waals surface area (Å²) in [7, 11) is 0. The first kappa shape index (κ1) is 13.7. The lowest BCUT2D eigenvalue weighted by molar-refractivity contribution is 0.255. The molecule has 2 amide bonds. The van der Waals surface area contributed by atoms with Crippen LogP contribution >= 0.6 is 0 Å². The van der Waals surface area contributed by atoms with Crippen LogP contribution in [0.5, 0.6) is 0 Å². The summed E-state index contributed by atoms with van der Waals surface area (Å²) in [6, 6.07) is 11.1. The Kier molecular flexibility index (Phi) is 4.44. The molecular weight excluding hydrogens is 262 g/mol. The second-order valence-corrected chi connectivity index (χ2v) is 3.96. The number of halogens is 2. The fourth-order valence-electron chi connectivity index (χ4n) is 1.52. The molecule has 102 valence electrons. The molecule has 3 nitrogen and oxygen atoms in total. The van der Waals surface area contributed by atoms with Crippen molar-refractivity contribution in [1.29, 1.82) is 0 Å². The summed E-state index contributed by atoms with van der Waals surface area (Å²) < 4.78 is 26.0. The molecule has 2 N–H and O–H groups in total. The number of amides is 2. The highest BCUT2D eigenvalue weighted by atomic mass is 19.1. The fourth-order valence-corrected chi connectivity index (χ4v) is 1.52. The zero-order chi connectivity index (χ0) is 14.4. The molecule has 2 aromatic rings. The predicted octanol–water partition coefficient (Wildman–Crippen LogP) is 3.76. The number of nitrogens with one attached hydrogen (secondary N) is 2. The van der Waals surface area contributed by atoms with Crippen molar-refractivity contribution in [2.45, 2.75) is 0 Å². The Morgan fingerprint density at radius 1 is 1.00 bits per heavy atom. The van der Waals surface area contributed by atoms with Crippen LogP contribution in [0.4, 0.5) is 19.3 Å². The van der Waals surface area contributed by atoms with Gasteiger partial charge < -0.3 is 10.6 Å². The number of urea groups is 1. The molecule has 0 aliphatic heterocycles.